The van der Waals surface area contributed by atoms with Crippen molar-refractivity contribution in [2.24, 2.45) is 0 Å². The first-order chi connectivity index (χ1) is 5.81. The zero-order valence-electron chi connectivity index (χ0n) is 6.36. The largest absolute Gasteiger partial charge is 0.495 e. The Bertz CT molecular complexity index is 412. The third kappa shape index (κ3) is 1.06. The molecule has 0 unspecified atom stereocenters. The van der Waals surface area contributed by atoms with E-state index in [9.17, 15) is 0 Å². The minimum absolute atomic E-state index is 0.726. The first kappa shape index (κ1) is 7.54. The van der Waals surface area contributed by atoms with E-state index in [0.717, 1.165) is 15.7 Å². The molecule has 5 heteroatoms. The second-order valence-electron chi connectivity index (χ2n) is 2.26. The van der Waals surface area contributed by atoms with E-state index in [1.807, 2.05) is 6.07 Å². The maximum absolute atomic E-state index is 5.02. The van der Waals surface area contributed by atoms with Gasteiger partial charge >= 0.3 is 0 Å². The van der Waals surface area contributed by atoms with Gasteiger partial charge in [-0.2, -0.15) is 14.8 Å². The van der Waals surface area contributed by atoms with E-state index < -0.39 is 0 Å². The summed E-state index contributed by atoms with van der Waals surface area (Å²) in [7, 11) is 1.61. The SMILES string of the molecule is COc1cnn2ncc(Br)c2c1. The Labute approximate surface area is 77.3 Å². The van der Waals surface area contributed by atoms with Crippen molar-refractivity contribution in [2.75, 3.05) is 7.11 Å². The highest BCUT2D eigenvalue weighted by atomic mass is 79.9. The first-order valence-corrected chi connectivity index (χ1v) is 4.14. The Balaban J connectivity index is 2.71. The summed E-state index contributed by atoms with van der Waals surface area (Å²) in [4.78, 5) is 0. The second-order valence-corrected chi connectivity index (χ2v) is 3.12. The molecule has 2 heterocycles. The van der Waals surface area contributed by atoms with Gasteiger partial charge < -0.3 is 4.74 Å². The van der Waals surface area contributed by atoms with Gasteiger partial charge in [0.1, 0.15) is 11.3 Å². The molecule has 0 saturated heterocycles. The molecule has 0 atom stereocenters. The zero-order chi connectivity index (χ0) is 8.55. The highest BCUT2D eigenvalue weighted by molar-refractivity contribution is 9.10. The summed E-state index contributed by atoms with van der Waals surface area (Å²) in [6.45, 7) is 0. The van der Waals surface area contributed by atoms with E-state index in [2.05, 4.69) is 26.1 Å². The maximum Gasteiger partial charge on any atom is 0.141 e. The number of ether oxygens (including phenoxy) is 1. The lowest BCUT2D eigenvalue weighted by molar-refractivity contribution is 0.411. The van der Waals surface area contributed by atoms with Crippen LogP contribution in [0.4, 0.5) is 0 Å². The Kier molecular flexibility index (Phi) is 1.73. The molecule has 12 heavy (non-hydrogen) atoms. The van der Waals surface area contributed by atoms with Crippen molar-refractivity contribution >= 4 is 21.4 Å². The predicted octanol–water partition coefficient (Wildman–Crippen LogP) is 1.50. The van der Waals surface area contributed by atoms with Gasteiger partial charge in [0, 0.05) is 6.07 Å². The fourth-order valence-corrected chi connectivity index (χ4v) is 1.31. The number of rotatable bonds is 1. The summed E-state index contributed by atoms with van der Waals surface area (Å²) >= 11 is 3.35. The Morgan fingerprint density at radius 1 is 1.42 bits per heavy atom. The predicted molar refractivity (Wildman–Crippen MR) is 47.2 cm³/mol. The molecule has 0 saturated carbocycles. The van der Waals surface area contributed by atoms with Crippen molar-refractivity contribution in [2.45, 2.75) is 0 Å². The Hall–Kier alpha value is -1.10. The fourth-order valence-electron chi connectivity index (χ4n) is 0.943. The monoisotopic (exact) mass is 227 g/mol. The van der Waals surface area contributed by atoms with Crippen LogP contribution >= 0.6 is 15.9 Å². The van der Waals surface area contributed by atoms with E-state index in [1.54, 1.807) is 19.5 Å². The molecule has 0 bridgehead atoms. The molecule has 2 aromatic heterocycles. The van der Waals surface area contributed by atoms with E-state index >= 15 is 0 Å². The van der Waals surface area contributed by atoms with Crippen LogP contribution in [0.25, 0.3) is 5.52 Å². The zero-order valence-corrected chi connectivity index (χ0v) is 7.95. The average molecular weight is 228 g/mol. The highest BCUT2D eigenvalue weighted by Gasteiger charge is 2.02. The molecular formula is C7H6BrN3O. The molecule has 0 amide bonds. The topological polar surface area (TPSA) is 39.4 Å². The molecule has 2 rings (SSSR count). The average Bonchev–Trinajstić information content (AvgIpc) is 2.47. The number of aromatic nitrogens is 3. The van der Waals surface area contributed by atoms with E-state index in [0.29, 0.717) is 0 Å². The molecule has 62 valence electrons. The smallest absolute Gasteiger partial charge is 0.141 e. The third-order valence-electron chi connectivity index (χ3n) is 1.55. The minimum Gasteiger partial charge on any atom is -0.495 e. The second kappa shape index (κ2) is 2.75. The number of halogens is 1. The molecule has 0 fully saturated rings. The van der Waals surface area contributed by atoms with Gasteiger partial charge in [0.2, 0.25) is 0 Å². The lowest BCUT2D eigenvalue weighted by Gasteiger charge is -1.97. The number of hydrogen-bond donors (Lipinski definition) is 0. The van der Waals surface area contributed by atoms with Gasteiger partial charge in [-0.3, -0.25) is 0 Å². The van der Waals surface area contributed by atoms with Gasteiger partial charge in [0.25, 0.3) is 0 Å². The number of methoxy groups -OCH3 is 1. The number of hydrogen-bond acceptors (Lipinski definition) is 3. The van der Waals surface area contributed by atoms with Crippen molar-refractivity contribution in [1.82, 2.24) is 14.8 Å². The summed E-state index contributed by atoms with van der Waals surface area (Å²) in [5.74, 6) is 0.726. The van der Waals surface area contributed by atoms with Crippen LogP contribution < -0.4 is 4.74 Å². The molecule has 0 radical (unpaired) electrons. The van der Waals surface area contributed by atoms with Crippen molar-refractivity contribution < 1.29 is 4.74 Å². The van der Waals surface area contributed by atoms with Gasteiger partial charge in [-0.1, -0.05) is 0 Å². The van der Waals surface area contributed by atoms with E-state index in [1.165, 1.54) is 4.63 Å². The van der Waals surface area contributed by atoms with E-state index in [-0.39, 0.29) is 0 Å². The molecule has 4 nitrogen and oxygen atoms in total. The number of fused-ring (bicyclic) bond motifs is 1. The van der Waals surface area contributed by atoms with Crippen LogP contribution in [0.5, 0.6) is 5.75 Å². The third-order valence-corrected chi connectivity index (χ3v) is 2.16. The molecule has 0 spiro atoms. The lowest BCUT2D eigenvalue weighted by Crippen LogP contribution is -1.93. The minimum atomic E-state index is 0.726. The van der Waals surface area contributed by atoms with Crippen LogP contribution in [0.15, 0.2) is 22.9 Å². The normalized spacial score (nSPS) is 10.5. The molecule has 0 aliphatic rings. The van der Waals surface area contributed by atoms with Crippen molar-refractivity contribution in [3.8, 4) is 5.75 Å². The van der Waals surface area contributed by atoms with Gasteiger partial charge in [-0.05, 0) is 15.9 Å². The molecular weight excluding hydrogens is 222 g/mol. The van der Waals surface area contributed by atoms with Crippen LogP contribution in [-0.4, -0.2) is 21.9 Å². The summed E-state index contributed by atoms with van der Waals surface area (Å²) in [5, 5.41) is 8.02. The molecule has 2 aromatic rings. The summed E-state index contributed by atoms with van der Waals surface area (Å²) in [6.07, 6.45) is 3.31. The van der Waals surface area contributed by atoms with Crippen LogP contribution in [-0.2, 0) is 0 Å². The molecule has 0 N–H and O–H groups in total. The highest BCUT2D eigenvalue weighted by Crippen LogP contribution is 2.19. The first-order valence-electron chi connectivity index (χ1n) is 3.35. The van der Waals surface area contributed by atoms with Crippen LogP contribution in [0.2, 0.25) is 0 Å². The van der Waals surface area contributed by atoms with E-state index in [4.69, 9.17) is 4.74 Å². The van der Waals surface area contributed by atoms with Gasteiger partial charge in [-0.25, -0.2) is 0 Å². The van der Waals surface area contributed by atoms with Gasteiger partial charge in [0.15, 0.2) is 0 Å². The summed E-state index contributed by atoms with van der Waals surface area (Å²) in [5.41, 5.74) is 0.898. The summed E-state index contributed by atoms with van der Waals surface area (Å²) in [6, 6.07) is 1.87. The van der Waals surface area contributed by atoms with Crippen molar-refractivity contribution in [1.29, 1.82) is 0 Å². The molecule has 0 aromatic carbocycles. The summed E-state index contributed by atoms with van der Waals surface area (Å²) < 4.78 is 7.47. The van der Waals surface area contributed by atoms with Crippen molar-refractivity contribution in [3.63, 3.8) is 0 Å². The molecule has 0 aliphatic carbocycles. The number of nitrogens with zero attached hydrogens (tertiary/aromatic N) is 3. The quantitative estimate of drug-likeness (QED) is 0.742. The fraction of sp³-hybridized carbons (Fsp3) is 0.143. The molecule has 0 aliphatic heterocycles. The Morgan fingerprint density at radius 3 is 2.92 bits per heavy atom. The van der Waals surface area contributed by atoms with Crippen LogP contribution in [0.3, 0.4) is 0 Å². The van der Waals surface area contributed by atoms with Gasteiger partial charge in [-0.15, -0.1) is 0 Å². The van der Waals surface area contributed by atoms with Crippen LogP contribution in [0, 0.1) is 0 Å². The standard InChI is InChI=1S/C7H6BrN3O/c1-12-5-2-7-6(8)4-10-11(7)9-3-5/h2-4H,1H3. The Morgan fingerprint density at radius 2 is 2.17 bits per heavy atom. The van der Waals surface area contributed by atoms with Gasteiger partial charge in [0.05, 0.1) is 24.0 Å². The van der Waals surface area contributed by atoms with Crippen LogP contribution in [0.1, 0.15) is 0 Å². The van der Waals surface area contributed by atoms with Crippen molar-refractivity contribution in [3.05, 3.63) is 22.9 Å². The maximum atomic E-state index is 5.02. The lowest BCUT2D eigenvalue weighted by atomic mass is 10.4.